The average Bonchev–Trinajstić information content (AvgIpc) is 3.21. The maximum atomic E-state index is 13.9. The van der Waals surface area contributed by atoms with Crippen molar-refractivity contribution in [3.05, 3.63) is 29.8 Å². The molecule has 138 valence electrons. The third-order valence-electron chi connectivity index (χ3n) is 4.67. The first-order valence-corrected chi connectivity index (χ1v) is 9.62. The number of thioether (sulfide) groups is 1. The van der Waals surface area contributed by atoms with E-state index >= 15 is 0 Å². The predicted octanol–water partition coefficient (Wildman–Crippen LogP) is 1.58. The van der Waals surface area contributed by atoms with Crippen LogP contribution in [0.25, 0.3) is 0 Å². The second kappa shape index (κ2) is 7.78. The van der Waals surface area contributed by atoms with Crippen LogP contribution < -0.4 is 15.5 Å². The van der Waals surface area contributed by atoms with E-state index in [1.807, 2.05) is 0 Å². The molecule has 8 heteroatoms. The summed E-state index contributed by atoms with van der Waals surface area (Å²) in [5.74, 6) is 1.22. The average molecular weight is 370 g/mol. The molecule has 2 fully saturated rings. The van der Waals surface area contributed by atoms with E-state index in [1.165, 1.54) is 18.2 Å². The van der Waals surface area contributed by atoms with Crippen molar-refractivity contribution < 1.29 is 13.9 Å². The first kappa shape index (κ1) is 18.3. The Balaban J connectivity index is 1.55. The minimum absolute atomic E-state index is 0.0343. The lowest BCUT2D eigenvalue weighted by Gasteiger charge is -2.25. The SMILES string of the molecule is CN=C(NCC1(O)CCSC1)NC1CCN(c2c(F)cccc2F)C1. The van der Waals surface area contributed by atoms with Gasteiger partial charge in [0.25, 0.3) is 0 Å². The molecule has 1 aromatic rings. The summed E-state index contributed by atoms with van der Waals surface area (Å²) in [6.45, 7) is 1.52. The highest BCUT2D eigenvalue weighted by Crippen LogP contribution is 2.28. The van der Waals surface area contributed by atoms with Gasteiger partial charge in [0.15, 0.2) is 5.96 Å². The van der Waals surface area contributed by atoms with Gasteiger partial charge in [0.2, 0.25) is 0 Å². The lowest BCUT2D eigenvalue weighted by atomic mass is 10.0. The largest absolute Gasteiger partial charge is 0.387 e. The number of nitrogens with zero attached hydrogens (tertiary/aromatic N) is 2. The molecule has 2 heterocycles. The Hall–Kier alpha value is -1.54. The standard InChI is InChI=1S/C17H24F2N4OS/c1-20-16(21-10-17(24)6-8-25-11-17)22-12-5-7-23(9-12)15-13(18)3-2-4-14(15)19/h2-4,12,24H,5-11H2,1H3,(H2,20,21,22). The van der Waals surface area contributed by atoms with E-state index in [0.29, 0.717) is 25.6 Å². The fraction of sp³-hybridized carbons (Fsp3) is 0.588. The zero-order valence-corrected chi connectivity index (χ0v) is 15.1. The van der Waals surface area contributed by atoms with E-state index in [1.54, 1.807) is 23.7 Å². The van der Waals surface area contributed by atoms with E-state index in [2.05, 4.69) is 15.6 Å². The highest BCUT2D eigenvalue weighted by molar-refractivity contribution is 7.99. The van der Waals surface area contributed by atoms with E-state index in [4.69, 9.17) is 0 Å². The molecule has 5 nitrogen and oxygen atoms in total. The van der Waals surface area contributed by atoms with Gasteiger partial charge in [-0.2, -0.15) is 11.8 Å². The topological polar surface area (TPSA) is 59.9 Å². The molecule has 0 spiro atoms. The summed E-state index contributed by atoms with van der Waals surface area (Å²) in [6.07, 6.45) is 1.53. The van der Waals surface area contributed by atoms with Crippen LogP contribution in [0.15, 0.2) is 23.2 Å². The van der Waals surface area contributed by atoms with Crippen molar-refractivity contribution in [2.45, 2.75) is 24.5 Å². The van der Waals surface area contributed by atoms with Crippen LogP contribution in [0.5, 0.6) is 0 Å². The Morgan fingerprint density at radius 3 is 2.84 bits per heavy atom. The minimum atomic E-state index is -0.694. The van der Waals surface area contributed by atoms with E-state index in [0.717, 1.165) is 24.3 Å². The Morgan fingerprint density at radius 1 is 1.44 bits per heavy atom. The van der Waals surface area contributed by atoms with Gasteiger partial charge in [-0.1, -0.05) is 6.07 Å². The third-order valence-corrected chi connectivity index (χ3v) is 5.91. The molecule has 2 atom stereocenters. The van der Waals surface area contributed by atoms with Crippen molar-refractivity contribution in [3.8, 4) is 0 Å². The number of aliphatic imine (C=N–C) groups is 1. The maximum Gasteiger partial charge on any atom is 0.191 e. The quantitative estimate of drug-likeness (QED) is 0.555. The highest BCUT2D eigenvalue weighted by Gasteiger charge is 2.32. The van der Waals surface area contributed by atoms with Crippen LogP contribution in [-0.4, -0.2) is 60.9 Å². The first-order valence-electron chi connectivity index (χ1n) is 8.47. The van der Waals surface area contributed by atoms with E-state index < -0.39 is 17.2 Å². The summed E-state index contributed by atoms with van der Waals surface area (Å²) in [4.78, 5) is 5.91. The summed E-state index contributed by atoms with van der Waals surface area (Å²) in [7, 11) is 1.67. The number of para-hydroxylation sites is 1. The number of hydrogen-bond donors (Lipinski definition) is 3. The molecule has 0 bridgehead atoms. The molecule has 2 aliphatic rings. The van der Waals surface area contributed by atoms with Gasteiger partial charge < -0.3 is 20.6 Å². The zero-order chi connectivity index (χ0) is 17.9. The molecule has 1 aromatic carbocycles. The first-order chi connectivity index (χ1) is 12.0. The monoisotopic (exact) mass is 370 g/mol. The molecule has 3 N–H and O–H groups in total. The summed E-state index contributed by atoms with van der Waals surface area (Å²) >= 11 is 1.75. The van der Waals surface area contributed by atoms with Crippen LogP contribution in [0.2, 0.25) is 0 Å². The van der Waals surface area contributed by atoms with Gasteiger partial charge in [-0.25, -0.2) is 8.78 Å². The summed E-state index contributed by atoms with van der Waals surface area (Å²) in [5.41, 5.74) is -0.660. The lowest BCUT2D eigenvalue weighted by molar-refractivity contribution is 0.0724. The van der Waals surface area contributed by atoms with Crippen LogP contribution in [0, 0.1) is 11.6 Å². The second-order valence-electron chi connectivity index (χ2n) is 6.60. The Kier molecular flexibility index (Phi) is 5.68. The van der Waals surface area contributed by atoms with Crippen molar-refractivity contribution >= 4 is 23.4 Å². The highest BCUT2D eigenvalue weighted by atomic mass is 32.2. The second-order valence-corrected chi connectivity index (χ2v) is 7.70. The molecule has 2 aliphatic heterocycles. The van der Waals surface area contributed by atoms with Gasteiger partial charge in [0.05, 0.1) is 5.60 Å². The molecule has 25 heavy (non-hydrogen) atoms. The molecular weight excluding hydrogens is 346 g/mol. The molecule has 2 saturated heterocycles. The van der Waals surface area contributed by atoms with Gasteiger partial charge in [-0.15, -0.1) is 0 Å². The van der Waals surface area contributed by atoms with Crippen molar-refractivity contribution in [1.82, 2.24) is 10.6 Å². The van der Waals surface area contributed by atoms with Crippen LogP contribution in [0.1, 0.15) is 12.8 Å². The molecule has 3 rings (SSSR count). The smallest absolute Gasteiger partial charge is 0.191 e. The Bertz CT molecular complexity index is 617. The number of nitrogens with one attached hydrogen (secondary N) is 2. The molecular formula is C17H24F2N4OS. The lowest BCUT2D eigenvalue weighted by Crippen LogP contribution is -2.50. The van der Waals surface area contributed by atoms with Crippen molar-refractivity contribution in [2.75, 3.05) is 43.1 Å². The van der Waals surface area contributed by atoms with Crippen LogP contribution in [0.4, 0.5) is 14.5 Å². The van der Waals surface area contributed by atoms with Crippen molar-refractivity contribution in [3.63, 3.8) is 0 Å². The molecule has 0 saturated carbocycles. The minimum Gasteiger partial charge on any atom is -0.387 e. The number of halogens is 2. The van der Waals surface area contributed by atoms with Gasteiger partial charge >= 0.3 is 0 Å². The number of hydrogen-bond acceptors (Lipinski definition) is 4. The van der Waals surface area contributed by atoms with Crippen molar-refractivity contribution in [2.24, 2.45) is 4.99 Å². The summed E-state index contributed by atoms with van der Waals surface area (Å²) in [6, 6.07) is 3.97. The summed E-state index contributed by atoms with van der Waals surface area (Å²) < 4.78 is 27.9. The number of guanidine groups is 1. The van der Waals surface area contributed by atoms with Gasteiger partial charge in [0, 0.05) is 38.5 Å². The molecule has 0 radical (unpaired) electrons. The Morgan fingerprint density at radius 2 is 2.20 bits per heavy atom. The predicted molar refractivity (Wildman–Crippen MR) is 98.4 cm³/mol. The van der Waals surface area contributed by atoms with Crippen molar-refractivity contribution in [1.29, 1.82) is 0 Å². The maximum absolute atomic E-state index is 13.9. The third kappa shape index (κ3) is 4.36. The van der Waals surface area contributed by atoms with Crippen LogP contribution in [-0.2, 0) is 0 Å². The Labute approximate surface area is 150 Å². The number of aliphatic hydroxyl groups is 1. The molecule has 2 unspecified atom stereocenters. The van der Waals surface area contributed by atoms with Gasteiger partial charge in [0.1, 0.15) is 17.3 Å². The van der Waals surface area contributed by atoms with Crippen LogP contribution in [0.3, 0.4) is 0 Å². The van der Waals surface area contributed by atoms with E-state index in [9.17, 15) is 13.9 Å². The molecule has 0 aliphatic carbocycles. The number of rotatable bonds is 4. The van der Waals surface area contributed by atoms with Crippen LogP contribution >= 0.6 is 11.8 Å². The number of anilines is 1. The molecule has 0 amide bonds. The van der Waals surface area contributed by atoms with E-state index in [-0.39, 0.29) is 11.7 Å². The fourth-order valence-corrected chi connectivity index (χ4v) is 4.54. The van der Waals surface area contributed by atoms with Gasteiger partial charge in [-0.3, -0.25) is 4.99 Å². The zero-order valence-electron chi connectivity index (χ0n) is 14.3. The summed E-state index contributed by atoms with van der Waals surface area (Å²) in [5, 5.41) is 16.8. The molecule has 0 aromatic heterocycles. The normalized spacial score (nSPS) is 27.0. The van der Waals surface area contributed by atoms with Gasteiger partial charge in [-0.05, 0) is 30.7 Å². The fourth-order valence-electron chi connectivity index (χ4n) is 3.24. The number of benzene rings is 1.